The molecule has 0 spiro atoms. The molecule has 4 heteroatoms. The highest BCUT2D eigenvalue weighted by Gasteiger charge is 2.13. The van der Waals surface area contributed by atoms with E-state index in [0.29, 0.717) is 11.3 Å². The molecular formula is C14H15N3O. The number of nitrogens with one attached hydrogen (secondary N) is 1. The molecule has 0 fully saturated rings. The van der Waals surface area contributed by atoms with Gasteiger partial charge in [-0.2, -0.15) is 0 Å². The van der Waals surface area contributed by atoms with E-state index in [1.165, 1.54) is 6.20 Å². The average molecular weight is 241 g/mol. The topological polar surface area (TPSA) is 68.0 Å². The lowest BCUT2D eigenvalue weighted by Crippen LogP contribution is -2.27. The normalized spacial score (nSPS) is 11.8. The van der Waals surface area contributed by atoms with Gasteiger partial charge in [0.25, 0.3) is 5.91 Å². The number of hydrogen-bond acceptors (Lipinski definition) is 3. The lowest BCUT2D eigenvalue weighted by atomic mass is 10.1. The SMILES string of the molecule is C[C@@H](NC(=O)c1ccncc1N)c1ccccc1. The maximum atomic E-state index is 12.0. The van der Waals surface area contributed by atoms with Crippen molar-refractivity contribution < 1.29 is 4.79 Å². The summed E-state index contributed by atoms with van der Waals surface area (Å²) < 4.78 is 0. The number of carbonyl (C=O) groups is 1. The smallest absolute Gasteiger partial charge is 0.253 e. The third kappa shape index (κ3) is 2.66. The summed E-state index contributed by atoms with van der Waals surface area (Å²) in [5.41, 5.74) is 7.60. The van der Waals surface area contributed by atoms with Crippen LogP contribution in [0.5, 0.6) is 0 Å². The Kier molecular flexibility index (Phi) is 3.57. The first-order chi connectivity index (χ1) is 8.68. The molecule has 0 saturated carbocycles. The molecule has 1 atom stereocenters. The molecular weight excluding hydrogens is 226 g/mol. The number of nitrogens with zero attached hydrogens (tertiary/aromatic N) is 1. The number of pyridine rings is 1. The van der Waals surface area contributed by atoms with Crippen molar-refractivity contribution in [1.82, 2.24) is 10.3 Å². The Morgan fingerprint density at radius 3 is 2.67 bits per heavy atom. The second-order valence-corrected chi connectivity index (χ2v) is 4.07. The fourth-order valence-electron chi connectivity index (χ4n) is 1.71. The van der Waals surface area contributed by atoms with Crippen LogP contribution in [0.25, 0.3) is 0 Å². The van der Waals surface area contributed by atoms with Crippen LogP contribution in [-0.2, 0) is 0 Å². The second-order valence-electron chi connectivity index (χ2n) is 4.07. The first-order valence-electron chi connectivity index (χ1n) is 5.74. The molecule has 18 heavy (non-hydrogen) atoms. The number of carbonyl (C=O) groups excluding carboxylic acids is 1. The van der Waals surface area contributed by atoms with Crippen molar-refractivity contribution >= 4 is 11.6 Å². The first-order valence-corrected chi connectivity index (χ1v) is 5.74. The predicted molar refractivity (Wildman–Crippen MR) is 71.0 cm³/mol. The highest BCUT2D eigenvalue weighted by molar-refractivity contribution is 5.99. The quantitative estimate of drug-likeness (QED) is 0.865. The van der Waals surface area contributed by atoms with E-state index in [2.05, 4.69) is 10.3 Å². The fraction of sp³-hybridized carbons (Fsp3) is 0.143. The molecule has 4 nitrogen and oxygen atoms in total. The van der Waals surface area contributed by atoms with Crippen molar-refractivity contribution in [3.8, 4) is 0 Å². The van der Waals surface area contributed by atoms with Gasteiger partial charge in [-0.15, -0.1) is 0 Å². The zero-order chi connectivity index (χ0) is 13.0. The lowest BCUT2D eigenvalue weighted by molar-refractivity contribution is 0.0940. The van der Waals surface area contributed by atoms with Crippen LogP contribution in [0.2, 0.25) is 0 Å². The van der Waals surface area contributed by atoms with Crippen molar-refractivity contribution in [2.75, 3.05) is 5.73 Å². The van der Waals surface area contributed by atoms with Gasteiger partial charge in [0.15, 0.2) is 0 Å². The Morgan fingerprint density at radius 1 is 1.28 bits per heavy atom. The van der Waals surface area contributed by atoms with Gasteiger partial charge in [-0.25, -0.2) is 0 Å². The van der Waals surface area contributed by atoms with E-state index in [9.17, 15) is 4.79 Å². The third-order valence-electron chi connectivity index (χ3n) is 2.74. The Bertz CT molecular complexity index is 540. The Balaban J connectivity index is 2.11. The van der Waals surface area contributed by atoms with Crippen LogP contribution in [0.4, 0.5) is 5.69 Å². The van der Waals surface area contributed by atoms with Crippen molar-refractivity contribution in [2.24, 2.45) is 0 Å². The van der Waals surface area contributed by atoms with E-state index in [1.54, 1.807) is 12.3 Å². The minimum Gasteiger partial charge on any atom is -0.397 e. The average Bonchev–Trinajstić information content (AvgIpc) is 2.40. The van der Waals surface area contributed by atoms with Crippen molar-refractivity contribution in [3.63, 3.8) is 0 Å². The van der Waals surface area contributed by atoms with Crippen LogP contribution in [0.15, 0.2) is 48.8 Å². The predicted octanol–water partition coefficient (Wildman–Crippen LogP) is 2.15. The van der Waals surface area contributed by atoms with Crippen LogP contribution in [0.1, 0.15) is 28.9 Å². The zero-order valence-corrected chi connectivity index (χ0v) is 10.1. The molecule has 0 aliphatic heterocycles. The van der Waals surface area contributed by atoms with Crippen molar-refractivity contribution in [1.29, 1.82) is 0 Å². The number of amides is 1. The molecule has 2 rings (SSSR count). The first kappa shape index (κ1) is 12.1. The van der Waals surface area contributed by atoms with Gasteiger partial charge in [-0.3, -0.25) is 9.78 Å². The van der Waals surface area contributed by atoms with Gasteiger partial charge < -0.3 is 11.1 Å². The van der Waals surface area contributed by atoms with Gasteiger partial charge in [-0.1, -0.05) is 30.3 Å². The zero-order valence-electron chi connectivity index (χ0n) is 10.1. The molecule has 0 radical (unpaired) electrons. The Hall–Kier alpha value is -2.36. The summed E-state index contributed by atoms with van der Waals surface area (Å²) >= 11 is 0. The van der Waals surface area contributed by atoms with E-state index in [0.717, 1.165) is 5.56 Å². The van der Waals surface area contributed by atoms with Crippen LogP contribution in [0.3, 0.4) is 0 Å². The van der Waals surface area contributed by atoms with Crippen LogP contribution in [-0.4, -0.2) is 10.9 Å². The van der Waals surface area contributed by atoms with Gasteiger partial charge >= 0.3 is 0 Å². The van der Waals surface area contributed by atoms with Gasteiger partial charge in [0.05, 0.1) is 23.5 Å². The number of anilines is 1. The summed E-state index contributed by atoms with van der Waals surface area (Å²) in [6.07, 6.45) is 3.03. The molecule has 2 aromatic rings. The molecule has 0 aliphatic carbocycles. The molecule has 1 aromatic carbocycles. The Labute approximate surface area is 106 Å². The molecule has 0 aliphatic rings. The molecule has 3 N–H and O–H groups in total. The molecule has 0 bridgehead atoms. The van der Waals surface area contributed by atoms with E-state index >= 15 is 0 Å². The summed E-state index contributed by atoms with van der Waals surface area (Å²) in [5.74, 6) is -0.189. The van der Waals surface area contributed by atoms with Gasteiger partial charge in [0.2, 0.25) is 0 Å². The summed E-state index contributed by atoms with van der Waals surface area (Å²) in [6.45, 7) is 1.94. The number of hydrogen-bond donors (Lipinski definition) is 2. The minimum atomic E-state index is -0.189. The molecule has 1 heterocycles. The monoisotopic (exact) mass is 241 g/mol. The number of nitrogens with two attached hydrogens (primary N) is 1. The van der Waals surface area contributed by atoms with Gasteiger partial charge in [-0.05, 0) is 18.6 Å². The highest BCUT2D eigenvalue weighted by Crippen LogP contribution is 2.14. The second kappa shape index (κ2) is 5.31. The van der Waals surface area contributed by atoms with Gasteiger partial charge in [0.1, 0.15) is 0 Å². The van der Waals surface area contributed by atoms with Crippen LogP contribution in [0, 0.1) is 0 Å². The molecule has 1 amide bonds. The van der Waals surface area contributed by atoms with E-state index in [-0.39, 0.29) is 11.9 Å². The lowest BCUT2D eigenvalue weighted by Gasteiger charge is -2.14. The van der Waals surface area contributed by atoms with E-state index in [4.69, 9.17) is 5.73 Å². The number of benzene rings is 1. The summed E-state index contributed by atoms with van der Waals surface area (Å²) in [6, 6.07) is 11.3. The molecule has 0 unspecified atom stereocenters. The maximum Gasteiger partial charge on any atom is 0.253 e. The van der Waals surface area contributed by atoms with Crippen LogP contribution < -0.4 is 11.1 Å². The highest BCUT2D eigenvalue weighted by atomic mass is 16.1. The standard InChI is InChI=1S/C14H15N3O/c1-10(11-5-3-2-4-6-11)17-14(18)12-7-8-16-9-13(12)15/h2-10H,15H2,1H3,(H,17,18)/t10-/m1/s1. The van der Waals surface area contributed by atoms with Crippen LogP contribution >= 0.6 is 0 Å². The van der Waals surface area contributed by atoms with Gasteiger partial charge in [0, 0.05) is 6.20 Å². The van der Waals surface area contributed by atoms with Crippen molar-refractivity contribution in [3.05, 3.63) is 59.9 Å². The van der Waals surface area contributed by atoms with E-state index < -0.39 is 0 Å². The largest absolute Gasteiger partial charge is 0.397 e. The van der Waals surface area contributed by atoms with E-state index in [1.807, 2.05) is 37.3 Å². The summed E-state index contributed by atoms with van der Waals surface area (Å²) in [7, 11) is 0. The molecule has 92 valence electrons. The minimum absolute atomic E-state index is 0.0636. The Morgan fingerprint density at radius 2 is 2.00 bits per heavy atom. The fourth-order valence-corrected chi connectivity index (χ4v) is 1.71. The third-order valence-corrected chi connectivity index (χ3v) is 2.74. The van der Waals surface area contributed by atoms with Crippen molar-refractivity contribution in [2.45, 2.75) is 13.0 Å². The number of rotatable bonds is 3. The molecule has 1 aromatic heterocycles. The maximum absolute atomic E-state index is 12.0. The number of nitrogen functional groups attached to an aromatic ring is 1. The summed E-state index contributed by atoms with van der Waals surface area (Å²) in [5, 5.41) is 2.91. The summed E-state index contributed by atoms with van der Waals surface area (Å²) in [4.78, 5) is 15.9. The number of aromatic nitrogens is 1. The molecule has 0 saturated heterocycles.